The monoisotopic (exact) mass is 901 g/mol. The summed E-state index contributed by atoms with van der Waals surface area (Å²) in [6, 6.07) is 83.4. The van der Waals surface area contributed by atoms with Gasteiger partial charge >= 0.3 is 0 Å². The van der Waals surface area contributed by atoms with E-state index < -0.39 is 0 Å². The second-order valence-electron chi connectivity index (χ2n) is 18.9. The molecule has 0 N–H and O–H groups in total. The predicted octanol–water partition coefficient (Wildman–Crippen LogP) is 16.4. The molecule has 11 aromatic carbocycles. The summed E-state index contributed by atoms with van der Waals surface area (Å²) in [4.78, 5) is 0. The number of rotatable bonds is 4. The van der Waals surface area contributed by atoms with Crippen molar-refractivity contribution in [2.75, 3.05) is 0 Å². The van der Waals surface area contributed by atoms with Crippen molar-refractivity contribution in [1.29, 1.82) is 10.5 Å². The molecule has 71 heavy (non-hydrogen) atoms. The van der Waals surface area contributed by atoms with Crippen molar-refractivity contribution in [3.8, 4) is 40.3 Å². The number of fused-ring (bicyclic) bond motifs is 16. The predicted molar refractivity (Wildman–Crippen MR) is 291 cm³/mol. The molecule has 0 saturated carbocycles. The highest BCUT2D eigenvalue weighted by Crippen LogP contribution is 2.53. The number of aromatic nitrogens is 3. The zero-order valence-corrected chi connectivity index (χ0v) is 38.3. The van der Waals surface area contributed by atoms with Gasteiger partial charge in [0.1, 0.15) is 17.7 Å². The fraction of sp³-hybridized carbons (Fsp3) is 0.0303. The first-order chi connectivity index (χ1) is 35.2. The van der Waals surface area contributed by atoms with E-state index in [1.165, 1.54) is 11.1 Å². The molecule has 14 aromatic rings. The van der Waals surface area contributed by atoms with Gasteiger partial charge in [0.2, 0.25) is 0 Å². The summed E-state index contributed by atoms with van der Waals surface area (Å²) in [5.74, 6) is -0.359. The fourth-order valence-electron chi connectivity index (χ4n) is 12.7. The van der Waals surface area contributed by atoms with Crippen molar-refractivity contribution >= 4 is 87.0 Å². The van der Waals surface area contributed by atoms with Crippen LogP contribution < -0.4 is 0 Å². The SMILES string of the molecule is N#Cc1c(C2Cc3ccccc3-c3ccc4ccccc4c32)c(-n2c3ccccc3c3ccccc32)c(C#N)c(-n2c3ccccc3c3ccc4ccccc4c32)c1-n1c2ccccc2c2ccccc21. The van der Waals surface area contributed by atoms with E-state index in [2.05, 4.69) is 244 Å². The van der Waals surface area contributed by atoms with Crippen LogP contribution in [0.2, 0.25) is 0 Å². The van der Waals surface area contributed by atoms with Gasteiger partial charge in [-0.15, -0.1) is 0 Å². The highest BCUT2D eigenvalue weighted by molar-refractivity contribution is 6.20. The summed E-state index contributed by atoms with van der Waals surface area (Å²) >= 11 is 0. The molecule has 1 aliphatic rings. The molecule has 0 fully saturated rings. The minimum atomic E-state index is -0.359. The maximum absolute atomic E-state index is 12.7. The van der Waals surface area contributed by atoms with E-state index in [0.29, 0.717) is 28.9 Å². The molecule has 5 heteroatoms. The molecule has 0 saturated heterocycles. The van der Waals surface area contributed by atoms with E-state index >= 15 is 0 Å². The van der Waals surface area contributed by atoms with Gasteiger partial charge < -0.3 is 13.7 Å². The van der Waals surface area contributed by atoms with E-state index in [0.717, 1.165) is 109 Å². The van der Waals surface area contributed by atoms with Crippen molar-refractivity contribution in [3.05, 3.63) is 246 Å². The van der Waals surface area contributed by atoms with Gasteiger partial charge in [0.25, 0.3) is 0 Å². The first kappa shape index (κ1) is 39.3. The van der Waals surface area contributed by atoms with Gasteiger partial charge in [0.15, 0.2) is 0 Å². The lowest BCUT2D eigenvalue weighted by Gasteiger charge is -2.34. The normalized spacial score (nSPS) is 13.4. The Balaban J connectivity index is 1.26. The molecule has 5 nitrogen and oxygen atoms in total. The molecule has 3 aromatic heterocycles. The van der Waals surface area contributed by atoms with Crippen molar-refractivity contribution in [2.45, 2.75) is 12.3 Å². The topological polar surface area (TPSA) is 62.4 Å². The van der Waals surface area contributed by atoms with Crippen LogP contribution in [0, 0.1) is 22.7 Å². The van der Waals surface area contributed by atoms with Gasteiger partial charge in [-0.25, -0.2) is 0 Å². The highest BCUT2D eigenvalue weighted by Gasteiger charge is 2.38. The molecule has 0 radical (unpaired) electrons. The van der Waals surface area contributed by atoms with Crippen molar-refractivity contribution in [1.82, 2.24) is 13.7 Å². The molecular weight excluding hydrogens is 863 g/mol. The highest BCUT2D eigenvalue weighted by atomic mass is 15.1. The zero-order chi connectivity index (χ0) is 46.9. The number of benzene rings is 11. The summed E-state index contributed by atoms with van der Waals surface area (Å²) in [6.07, 6.45) is 0.618. The fourth-order valence-corrected chi connectivity index (χ4v) is 12.7. The quantitative estimate of drug-likeness (QED) is 0.177. The van der Waals surface area contributed by atoms with Gasteiger partial charge in [0.05, 0.1) is 55.7 Å². The van der Waals surface area contributed by atoms with Crippen LogP contribution in [-0.2, 0) is 6.42 Å². The number of hydrogen-bond donors (Lipinski definition) is 0. The molecule has 1 unspecified atom stereocenters. The van der Waals surface area contributed by atoms with Crippen LogP contribution in [0.5, 0.6) is 0 Å². The Morgan fingerprint density at radius 3 is 1.32 bits per heavy atom. The smallest absolute Gasteiger partial charge is 0.104 e. The van der Waals surface area contributed by atoms with Crippen LogP contribution in [0.25, 0.3) is 115 Å². The Morgan fingerprint density at radius 2 is 0.746 bits per heavy atom. The lowest BCUT2D eigenvalue weighted by Crippen LogP contribution is -2.21. The Hall–Kier alpha value is -9.68. The first-order valence-electron chi connectivity index (χ1n) is 24.2. The van der Waals surface area contributed by atoms with Crippen LogP contribution in [-0.4, -0.2) is 13.7 Å². The number of nitrogens with zero attached hydrogens (tertiary/aromatic N) is 5. The lowest BCUT2D eigenvalue weighted by atomic mass is 9.71. The van der Waals surface area contributed by atoms with E-state index in [1.807, 2.05) is 0 Å². The minimum absolute atomic E-state index is 0.359. The second kappa shape index (κ2) is 14.9. The third kappa shape index (κ3) is 5.32. The van der Waals surface area contributed by atoms with Crippen LogP contribution >= 0.6 is 0 Å². The van der Waals surface area contributed by atoms with E-state index in [9.17, 15) is 10.5 Å². The van der Waals surface area contributed by atoms with Gasteiger partial charge in [-0.1, -0.05) is 188 Å². The maximum atomic E-state index is 12.7. The molecular formula is C66H39N5. The van der Waals surface area contributed by atoms with Gasteiger partial charge in [0, 0.05) is 49.2 Å². The summed E-state index contributed by atoms with van der Waals surface area (Å²) in [5.41, 5.74) is 14.4. The Kier molecular flexibility index (Phi) is 8.26. The number of hydrogen-bond acceptors (Lipinski definition) is 2. The standard InChI is InChI=1S/C66H39N5/c67-38-54-62(53-37-42-19-3-4-20-43(42)51-35-33-40-17-1-5-21-44(40)61(51)53)64(69-56-28-12-7-23-46(56)47-24-8-13-29-57(47)69)55(39-68)66(65(54)70-58-30-14-9-25-48(58)49-26-10-15-31-59(49)70)71-60-32-16-11-27-50(60)52-36-34-41-18-2-6-22-45(41)63(52)71/h1-36,53H,37H2. The summed E-state index contributed by atoms with van der Waals surface area (Å²) in [7, 11) is 0. The Morgan fingerprint density at radius 1 is 0.324 bits per heavy atom. The second-order valence-corrected chi connectivity index (χ2v) is 18.9. The van der Waals surface area contributed by atoms with Crippen LogP contribution in [0.4, 0.5) is 0 Å². The summed E-state index contributed by atoms with van der Waals surface area (Å²) < 4.78 is 6.94. The summed E-state index contributed by atoms with van der Waals surface area (Å²) in [5, 5.41) is 36.2. The molecule has 15 rings (SSSR count). The van der Waals surface area contributed by atoms with E-state index in [1.54, 1.807) is 0 Å². The van der Waals surface area contributed by atoms with Crippen molar-refractivity contribution in [3.63, 3.8) is 0 Å². The van der Waals surface area contributed by atoms with E-state index in [-0.39, 0.29) is 5.92 Å². The third-order valence-electron chi connectivity index (χ3n) is 15.5. The molecule has 3 heterocycles. The maximum Gasteiger partial charge on any atom is 0.104 e. The molecule has 1 aliphatic carbocycles. The third-order valence-corrected chi connectivity index (χ3v) is 15.5. The molecule has 328 valence electrons. The lowest BCUT2D eigenvalue weighted by molar-refractivity contribution is 0.787. The van der Waals surface area contributed by atoms with Gasteiger partial charge in [-0.3, -0.25) is 0 Å². The average molecular weight is 902 g/mol. The number of para-hydroxylation sites is 5. The molecule has 0 aliphatic heterocycles. The molecule has 1 atom stereocenters. The molecule has 0 bridgehead atoms. The first-order valence-corrected chi connectivity index (χ1v) is 24.2. The zero-order valence-electron chi connectivity index (χ0n) is 38.3. The summed E-state index contributed by atoms with van der Waals surface area (Å²) in [6.45, 7) is 0. The van der Waals surface area contributed by atoms with Crippen molar-refractivity contribution < 1.29 is 0 Å². The largest absolute Gasteiger partial charge is 0.307 e. The molecule has 0 amide bonds. The minimum Gasteiger partial charge on any atom is -0.307 e. The van der Waals surface area contributed by atoms with E-state index in [4.69, 9.17) is 0 Å². The number of nitriles is 2. The Bertz CT molecular complexity index is 4610. The molecule has 0 spiro atoms. The van der Waals surface area contributed by atoms with Crippen LogP contribution in [0.1, 0.15) is 33.7 Å². The Labute approximate surface area is 408 Å². The van der Waals surface area contributed by atoms with Crippen molar-refractivity contribution in [2.24, 2.45) is 0 Å². The average Bonchev–Trinajstić information content (AvgIpc) is 4.07. The van der Waals surface area contributed by atoms with Crippen LogP contribution in [0.15, 0.2) is 218 Å². The van der Waals surface area contributed by atoms with Crippen LogP contribution in [0.3, 0.4) is 0 Å². The van der Waals surface area contributed by atoms with Gasteiger partial charge in [-0.05, 0) is 75.2 Å². The van der Waals surface area contributed by atoms with Gasteiger partial charge in [-0.2, -0.15) is 10.5 Å².